The summed E-state index contributed by atoms with van der Waals surface area (Å²) >= 11 is 5.83. The molecular weight excluding hydrogens is 286 g/mol. The van der Waals surface area contributed by atoms with Crippen LogP contribution in [0.1, 0.15) is 42.5 Å². The zero-order valence-electron chi connectivity index (χ0n) is 12.1. The smallest absolute Gasteiger partial charge is 0.117 e. The number of hydrogen-bond acceptors (Lipinski definition) is 3. The molecule has 3 rings (SSSR count). The van der Waals surface area contributed by atoms with Crippen LogP contribution < -0.4 is 5.32 Å². The quantitative estimate of drug-likeness (QED) is 0.851. The standard InChI is InChI=1S/C17H20ClNO2/c1-11-8-15(11)17-7-6-14(21-17)9-19-10-16(20)12-2-4-13(18)5-3-12/h2-7,11,15-16,19-20H,8-10H2,1H3. The third-order valence-electron chi connectivity index (χ3n) is 4.05. The summed E-state index contributed by atoms with van der Waals surface area (Å²) in [5.74, 6) is 3.38. The van der Waals surface area contributed by atoms with Crippen LogP contribution in [0.5, 0.6) is 0 Å². The minimum atomic E-state index is -0.542. The number of benzene rings is 1. The van der Waals surface area contributed by atoms with Crippen molar-refractivity contribution in [3.05, 3.63) is 58.5 Å². The van der Waals surface area contributed by atoms with Crippen LogP contribution in [0.2, 0.25) is 5.02 Å². The van der Waals surface area contributed by atoms with Crippen LogP contribution in [0, 0.1) is 5.92 Å². The van der Waals surface area contributed by atoms with E-state index in [0.29, 0.717) is 24.0 Å². The van der Waals surface area contributed by atoms with E-state index in [2.05, 4.69) is 18.3 Å². The van der Waals surface area contributed by atoms with E-state index < -0.39 is 6.10 Å². The third-order valence-corrected chi connectivity index (χ3v) is 4.30. The first-order valence-electron chi connectivity index (χ1n) is 7.36. The van der Waals surface area contributed by atoms with E-state index >= 15 is 0 Å². The highest BCUT2D eigenvalue weighted by molar-refractivity contribution is 6.30. The topological polar surface area (TPSA) is 45.4 Å². The lowest BCUT2D eigenvalue weighted by atomic mass is 10.1. The minimum Gasteiger partial charge on any atom is -0.464 e. The zero-order chi connectivity index (χ0) is 14.8. The van der Waals surface area contributed by atoms with Crippen LogP contribution in [-0.2, 0) is 6.54 Å². The summed E-state index contributed by atoms with van der Waals surface area (Å²) in [6.45, 7) is 3.36. The number of hydrogen-bond donors (Lipinski definition) is 2. The summed E-state index contributed by atoms with van der Waals surface area (Å²) in [4.78, 5) is 0. The molecule has 0 aliphatic heterocycles. The fourth-order valence-electron chi connectivity index (χ4n) is 2.54. The molecule has 3 nitrogen and oxygen atoms in total. The highest BCUT2D eigenvalue weighted by Gasteiger charge is 2.36. The normalized spacial score (nSPS) is 22.2. The third kappa shape index (κ3) is 3.67. The monoisotopic (exact) mass is 305 g/mol. The summed E-state index contributed by atoms with van der Waals surface area (Å²) in [5.41, 5.74) is 0.860. The van der Waals surface area contributed by atoms with Crippen LogP contribution in [0.3, 0.4) is 0 Å². The van der Waals surface area contributed by atoms with Gasteiger partial charge in [-0.1, -0.05) is 30.7 Å². The van der Waals surface area contributed by atoms with Gasteiger partial charge in [0.15, 0.2) is 0 Å². The Morgan fingerprint density at radius 3 is 2.67 bits per heavy atom. The van der Waals surface area contributed by atoms with Crippen molar-refractivity contribution >= 4 is 11.6 Å². The van der Waals surface area contributed by atoms with Gasteiger partial charge in [-0.15, -0.1) is 0 Å². The van der Waals surface area contributed by atoms with E-state index in [1.54, 1.807) is 12.1 Å². The van der Waals surface area contributed by atoms with E-state index in [0.717, 1.165) is 23.0 Å². The van der Waals surface area contributed by atoms with Crippen molar-refractivity contribution in [3.8, 4) is 0 Å². The molecule has 1 aliphatic rings. The van der Waals surface area contributed by atoms with Crippen LogP contribution in [0.4, 0.5) is 0 Å². The van der Waals surface area contributed by atoms with E-state index in [4.69, 9.17) is 16.0 Å². The summed E-state index contributed by atoms with van der Waals surface area (Å²) in [5, 5.41) is 14.0. The van der Waals surface area contributed by atoms with Crippen molar-refractivity contribution in [2.75, 3.05) is 6.54 Å². The van der Waals surface area contributed by atoms with E-state index in [-0.39, 0.29) is 0 Å². The van der Waals surface area contributed by atoms with Crippen molar-refractivity contribution in [3.63, 3.8) is 0 Å². The summed E-state index contributed by atoms with van der Waals surface area (Å²) in [6.07, 6.45) is 0.690. The Bertz CT molecular complexity index is 593. The van der Waals surface area contributed by atoms with Crippen molar-refractivity contribution in [1.82, 2.24) is 5.32 Å². The maximum absolute atomic E-state index is 10.1. The van der Waals surface area contributed by atoms with Crippen molar-refractivity contribution in [2.45, 2.75) is 31.9 Å². The van der Waals surface area contributed by atoms with Crippen LogP contribution in [0.15, 0.2) is 40.8 Å². The Morgan fingerprint density at radius 2 is 2.00 bits per heavy atom. The molecule has 2 aromatic rings. The van der Waals surface area contributed by atoms with Gasteiger partial charge in [-0.25, -0.2) is 0 Å². The second-order valence-corrected chi connectivity index (χ2v) is 6.26. The number of aliphatic hydroxyl groups excluding tert-OH is 1. The Balaban J connectivity index is 1.47. The molecule has 3 unspecified atom stereocenters. The molecule has 1 heterocycles. The number of rotatable bonds is 6. The molecule has 2 N–H and O–H groups in total. The van der Waals surface area contributed by atoms with Gasteiger partial charge < -0.3 is 14.8 Å². The highest BCUT2D eigenvalue weighted by atomic mass is 35.5. The second kappa shape index (κ2) is 6.22. The van der Waals surface area contributed by atoms with Gasteiger partial charge in [0.1, 0.15) is 11.5 Å². The first-order chi connectivity index (χ1) is 10.1. The number of nitrogens with one attached hydrogen (secondary N) is 1. The van der Waals surface area contributed by atoms with Gasteiger partial charge in [0, 0.05) is 17.5 Å². The molecule has 0 saturated heterocycles. The number of aliphatic hydroxyl groups is 1. The lowest BCUT2D eigenvalue weighted by Gasteiger charge is -2.11. The molecule has 112 valence electrons. The minimum absolute atomic E-state index is 0.484. The molecule has 4 heteroatoms. The Kier molecular flexibility index (Phi) is 4.34. The maximum atomic E-state index is 10.1. The number of furan rings is 1. The van der Waals surface area contributed by atoms with Gasteiger partial charge in [-0.3, -0.25) is 0 Å². The van der Waals surface area contributed by atoms with Crippen molar-refractivity contribution in [2.24, 2.45) is 5.92 Å². The molecule has 21 heavy (non-hydrogen) atoms. The summed E-state index contributed by atoms with van der Waals surface area (Å²) in [6, 6.07) is 11.3. The second-order valence-electron chi connectivity index (χ2n) is 5.82. The zero-order valence-corrected chi connectivity index (χ0v) is 12.8. The predicted molar refractivity (Wildman–Crippen MR) is 83.3 cm³/mol. The van der Waals surface area contributed by atoms with E-state index in [1.165, 1.54) is 6.42 Å². The maximum Gasteiger partial charge on any atom is 0.117 e. The fourth-order valence-corrected chi connectivity index (χ4v) is 2.67. The first-order valence-corrected chi connectivity index (χ1v) is 7.74. The van der Waals surface area contributed by atoms with Gasteiger partial charge in [-0.2, -0.15) is 0 Å². The van der Waals surface area contributed by atoms with Crippen LogP contribution in [-0.4, -0.2) is 11.7 Å². The number of halogens is 1. The lowest BCUT2D eigenvalue weighted by Crippen LogP contribution is -2.20. The molecule has 0 radical (unpaired) electrons. The largest absolute Gasteiger partial charge is 0.464 e. The Morgan fingerprint density at radius 1 is 1.29 bits per heavy atom. The van der Waals surface area contributed by atoms with E-state index in [1.807, 2.05) is 18.2 Å². The molecular formula is C17H20ClNO2. The predicted octanol–water partition coefficient (Wildman–Crippen LogP) is 3.88. The molecule has 1 aromatic heterocycles. The van der Waals surface area contributed by atoms with Crippen LogP contribution in [0.25, 0.3) is 0 Å². The van der Waals surface area contributed by atoms with Gasteiger partial charge in [0.05, 0.1) is 12.6 Å². The molecule has 1 fully saturated rings. The first kappa shape index (κ1) is 14.6. The van der Waals surface area contributed by atoms with Gasteiger partial charge in [0.2, 0.25) is 0 Å². The molecule has 1 aliphatic carbocycles. The lowest BCUT2D eigenvalue weighted by molar-refractivity contribution is 0.173. The summed E-state index contributed by atoms with van der Waals surface area (Å²) < 4.78 is 5.82. The van der Waals surface area contributed by atoms with Gasteiger partial charge in [-0.05, 0) is 42.2 Å². The van der Waals surface area contributed by atoms with Gasteiger partial charge >= 0.3 is 0 Å². The average Bonchev–Trinajstić information content (AvgIpc) is 3.01. The average molecular weight is 306 g/mol. The molecule has 1 saturated carbocycles. The van der Waals surface area contributed by atoms with Gasteiger partial charge in [0.25, 0.3) is 0 Å². The van der Waals surface area contributed by atoms with Crippen molar-refractivity contribution < 1.29 is 9.52 Å². The molecule has 0 amide bonds. The van der Waals surface area contributed by atoms with Crippen molar-refractivity contribution in [1.29, 1.82) is 0 Å². The molecule has 0 spiro atoms. The van der Waals surface area contributed by atoms with E-state index in [9.17, 15) is 5.11 Å². The molecule has 3 atom stereocenters. The molecule has 1 aromatic carbocycles. The Hall–Kier alpha value is -1.29. The molecule has 0 bridgehead atoms. The highest BCUT2D eigenvalue weighted by Crippen LogP contribution is 2.47. The van der Waals surface area contributed by atoms with Crippen LogP contribution >= 0.6 is 11.6 Å². The summed E-state index contributed by atoms with van der Waals surface area (Å²) in [7, 11) is 0. The fraction of sp³-hybridized carbons (Fsp3) is 0.412. The Labute approximate surface area is 129 Å². The SMILES string of the molecule is CC1CC1c1ccc(CNCC(O)c2ccc(Cl)cc2)o1.